The van der Waals surface area contributed by atoms with Gasteiger partial charge in [-0.25, -0.2) is 4.99 Å². The van der Waals surface area contributed by atoms with Crippen LogP contribution in [0.1, 0.15) is 5.56 Å². The van der Waals surface area contributed by atoms with Crippen molar-refractivity contribution in [3.63, 3.8) is 0 Å². The first-order chi connectivity index (χ1) is 5.68. The van der Waals surface area contributed by atoms with Gasteiger partial charge in [0.1, 0.15) is 0 Å². The van der Waals surface area contributed by atoms with Crippen molar-refractivity contribution < 1.29 is 0 Å². The van der Waals surface area contributed by atoms with Crippen molar-refractivity contribution in [2.45, 2.75) is 11.4 Å². The molecule has 12 heavy (non-hydrogen) atoms. The molecule has 1 aromatic carbocycles. The Morgan fingerprint density at radius 2 is 2.17 bits per heavy atom. The van der Waals surface area contributed by atoms with E-state index in [0.717, 1.165) is 10.5 Å². The molecule has 0 spiro atoms. The average molecular weight is 181 g/mol. The molecule has 1 rings (SSSR count). The number of hydrogen-bond donors (Lipinski definition) is 3. The quantitative estimate of drug-likeness (QED) is 0.358. The summed E-state index contributed by atoms with van der Waals surface area (Å²) < 4.78 is 0. The van der Waals surface area contributed by atoms with Gasteiger partial charge < -0.3 is 11.5 Å². The normalized spacial score (nSPS) is 9.42. The van der Waals surface area contributed by atoms with E-state index < -0.39 is 0 Å². The van der Waals surface area contributed by atoms with Crippen LogP contribution in [0.4, 0.5) is 0 Å². The van der Waals surface area contributed by atoms with Crippen molar-refractivity contribution in [3.05, 3.63) is 29.8 Å². The van der Waals surface area contributed by atoms with Gasteiger partial charge in [-0.1, -0.05) is 12.1 Å². The molecule has 0 bridgehead atoms. The fraction of sp³-hybridized carbons (Fsp3) is 0.125. The topological polar surface area (TPSA) is 64.4 Å². The van der Waals surface area contributed by atoms with Crippen LogP contribution in [0, 0.1) is 0 Å². The molecule has 4 heteroatoms. The van der Waals surface area contributed by atoms with Crippen LogP contribution in [0.3, 0.4) is 0 Å². The summed E-state index contributed by atoms with van der Waals surface area (Å²) >= 11 is 4.19. The molecule has 3 nitrogen and oxygen atoms in total. The lowest BCUT2D eigenvalue weighted by Crippen LogP contribution is -2.22. The fourth-order valence-electron chi connectivity index (χ4n) is 0.837. The number of nitrogens with zero attached hydrogens (tertiary/aromatic N) is 1. The van der Waals surface area contributed by atoms with E-state index >= 15 is 0 Å². The van der Waals surface area contributed by atoms with Crippen LogP contribution >= 0.6 is 12.6 Å². The third-order valence-electron chi connectivity index (χ3n) is 1.35. The van der Waals surface area contributed by atoms with Gasteiger partial charge in [0.2, 0.25) is 0 Å². The van der Waals surface area contributed by atoms with Crippen molar-refractivity contribution in [3.8, 4) is 0 Å². The molecule has 4 N–H and O–H groups in total. The Hall–Kier alpha value is -1.16. The Kier molecular flexibility index (Phi) is 2.99. The van der Waals surface area contributed by atoms with E-state index in [1.807, 2.05) is 24.3 Å². The van der Waals surface area contributed by atoms with Crippen LogP contribution in [0.5, 0.6) is 0 Å². The van der Waals surface area contributed by atoms with E-state index in [-0.39, 0.29) is 5.96 Å². The van der Waals surface area contributed by atoms with Gasteiger partial charge >= 0.3 is 0 Å². The average Bonchev–Trinajstić information content (AvgIpc) is 2.01. The zero-order valence-corrected chi connectivity index (χ0v) is 7.46. The van der Waals surface area contributed by atoms with Gasteiger partial charge in [0.25, 0.3) is 0 Å². The van der Waals surface area contributed by atoms with Crippen LogP contribution in [-0.4, -0.2) is 5.96 Å². The van der Waals surface area contributed by atoms with Crippen molar-refractivity contribution in [1.82, 2.24) is 0 Å². The predicted octanol–water partition coefficient (Wildman–Crippen LogP) is 0.749. The Bertz CT molecular complexity index is 292. The first-order valence-corrected chi connectivity index (χ1v) is 3.96. The predicted molar refractivity (Wildman–Crippen MR) is 53.2 cm³/mol. The molecule has 0 amide bonds. The maximum Gasteiger partial charge on any atom is 0.186 e. The molecule has 0 saturated carbocycles. The minimum Gasteiger partial charge on any atom is -0.370 e. The molecule has 0 unspecified atom stereocenters. The highest BCUT2D eigenvalue weighted by atomic mass is 32.1. The van der Waals surface area contributed by atoms with E-state index in [9.17, 15) is 0 Å². The first kappa shape index (κ1) is 8.93. The second-order valence-electron chi connectivity index (χ2n) is 2.41. The van der Waals surface area contributed by atoms with Crippen LogP contribution < -0.4 is 11.5 Å². The molecule has 0 heterocycles. The number of nitrogens with two attached hydrogens (primary N) is 2. The Morgan fingerprint density at radius 3 is 2.75 bits per heavy atom. The maximum absolute atomic E-state index is 5.19. The van der Waals surface area contributed by atoms with Crippen LogP contribution in [0.15, 0.2) is 34.2 Å². The Labute approximate surface area is 76.9 Å². The number of hydrogen-bond acceptors (Lipinski definition) is 2. The van der Waals surface area contributed by atoms with E-state index in [4.69, 9.17) is 11.5 Å². The second-order valence-corrected chi connectivity index (χ2v) is 2.93. The van der Waals surface area contributed by atoms with Crippen LogP contribution in [-0.2, 0) is 6.54 Å². The SMILES string of the molecule is NC(N)=NCc1cccc(S)c1. The summed E-state index contributed by atoms with van der Waals surface area (Å²) in [6.07, 6.45) is 0. The largest absolute Gasteiger partial charge is 0.370 e. The standard InChI is InChI=1S/C8H11N3S/c9-8(10)11-5-6-2-1-3-7(12)4-6/h1-4,12H,5H2,(H4,9,10,11). The zero-order valence-electron chi connectivity index (χ0n) is 6.57. The molecule has 0 aliphatic carbocycles. The molecular weight excluding hydrogens is 170 g/mol. The van der Waals surface area contributed by atoms with E-state index in [1.54, 1.807) is 0 Å². The van der Waals surface area contributed by atoms with Gasteiger partial charge in [-0.2, -0.15) is 0 Å². The molecule has 0 fully saturated rings. The molecule has 0 aromatic heterocycles. The van der Waals surface area contributed by atoms with Gasteiger partial charge in [-0.05, 0) is 17.7 Å². The molecule has 0 aliphatic rings. The van der Waals surface area contributed by atoms with Crippen LogP contribution in [0.25, 0.3) is 0 Å². The van der Waals surface area contributed by atoms with Crippen molar-refractivity contribution >= 4 is 18.6 Å². The summed E-state index contributed by atoms with van der Waals surface area (Å²) in [5.74, 6) is 0.111. The van der Waals surface area contributed by atoms with Crippen molar-refractivity contribution in [2.75, 3.05) is 0 Å². The van der Waals surface area contributed by atoms with Crippen LogP contribution in [0.2, 0.25) is 0 Å². The van der Waals surface area contributed by atoms with E-state index in [1.165, 1.54) is 0 Å². The molecule has 0 atom stereocenters. The van der Waals surface area contributed by atoms with Crippen molar-refractivity contribution in [2.24, 2.45) is 16.5 Å². The van der Waals surface area contributed by atoms with Gasteiger partial charge in [0.15, 0.2) is 5.96 Å². The third kappa shape index (κ3) is 2.84. The van der Waals surface area contributed by atoms with Crippen molar-refractivity contribution in [1.29, 1.82) is 0 Å². The van der Waals surface area contributed by atoms with Gasteiger partial charge in [0.05, 0.1) is 6.54 Å². The maximum atomic E-state index is 5.19. The molecule has 0 saturated heterocycles. The molecule has 0 radical (unpaired) electrons. The fourth-order valence-corrected chi connectivity index (χ4v) is 1.09. The lowest BCUT2D eigenvalue weighted by Gasteiger charge is -1.97. The summed E-state index contributed by atoms with van der Waals surface area (Å²) in [4.78, 5) is 4.79. The lowest BCUT2D eigenvalue weighted by molar-refractivity contribution is 1.05. The summed E-state index contributed by atoms with van der Waals surface area (Å²) in [7, 11) is 0. The van der Waals surface area contributed by atoms with Gasteiger partial charge in [-0.15, -0.1) is 12.6 Å². The minimum absolute atomic E-state index is 0.111. The summed E-state index contributed by atoms with van der Waals surface area (Å²) in [6, 6.07) is 7.70. The lowest BCUT2D eigenvalue weighted by atomic mass is 10.2. The third-order valence-corrected chi connectivity index (χ3v) is 1.63. The number of guanidine groups is 1. The smallest absolute Gasteiger partial charge is 0.186 e. The first-order valence-electron chi connectivity index (χ1n) is 3.52. The number of aliphatic imine (C=N–C) groups is 1. The molecule has 1 aromatic rings. The second kappa shape index (κ2) is 4.01. The Morgan fingerprint density at radius 1 is 1.42 bits per heavy atom. The number of rotatable bonds is 2. The van der Waals surface area contributed by atoms with Gasteiger partial charge in [0, 0.05) is 4.90 Å². The highest BCUT2D eigenvalue weighted by Crippen LogP contribution is 2.09. The minimum atomic E-state index is 0.111. The zero-order chi connectivity index (χ0) is 8.97. The summed E-state index contributed by atoms with van der Waals surface area (Å²) in [6.45, 7) is 0.511. The van der Waals surface area contributed by atoms with E-state index in [2.05, 4.69) is 17.6 Å². The van der Waals surface area contributed by atoms with E-state index in [0.29, 0.717) is 6.54 Å². The monoisotopic (exact) mass is 181 g/mol. The van der Waals surface area contributed by atoms with Gasteiger partial charge in [-0.3, -0.25) is 0 Å². The summed E-state index contributed by atoms with van der Waals surface area (Å²) in [5, 5.41) is 0. The molecule has 0 aliphatic heterocycles. The molecule has 64 valence electrons. The Balaban J connectivity index is 2.70. The number of benzene rings is 1. The highest BCUT2D eigenvalue weighted by Gasteiger charge is 1.90. The number of thiol groups is 1. The summed E-state index contributed by atoms with van der Waals surface area (Å²) in [5.41, 5.74) is 11.4. The highest BCUT2D eigenvalue weighted by molar-refractivity contribution is 7.80. The molecular formula is C8H11N3S.